The van der Waals surface area contributed by atoms with Crippen molar-refractivity contribution in [1.82, 2.24) is 5.32 Å². The standard InChI is InChI=1S/C16H26BrNO/c1-5-9-18-12(3)13(6-2)10-14-11-15(17)7-8-16(14)19-4/h7-8,11-13,18H,5-6,9-10H2,1-4H3. The fraction of sp³-hybridized carbons (Fsp3) is 0.625. The highest BCUT2D eigenvalue weighted by Gasteiger charge is 2.17. The molecule has 2 nitrogen and oxygen atoms in total. The van der Waals surface area contributed by atoms with Crippen molar-refractivity contribution in [2.75, 3.05) is 13.7 Å². The second-order valence-corrected chi connectivity index (χ2v) is 5.99. The first-order valence-electron chi connectivity index (χ1n) is 7.18. The van der Waals surface area contributed by atoms with Gasteiger partial charge in [0.1, 0.15) is 5.75 Å². The van der Waals surface area contributed by atoms with Gasteiger partial charge in [0.25, 0.3) is 0 Å². The van der Waals surface area contributed by atoms with Crippen LogP contribution in [0.2, 0.25) is 0 Å². The fourth-order valence-electron chi connectivity index (χ4n) is 2.40. The average molecular weight is 328 g/mol. The molecule has 1 aromatic rings. The van der Waals surface area contributed by atoms with E-state index in [1.165, 1.54) is 18.4 Å². The normalized spacial score (nSPS) is 14.2. The van der Waals surface area contributed by atoms with Gasteiger partial charge in [-0.2, -0.15) is 0 Å². The predicted octanol–water partition coefficient (Wildman–Crippen LogP) is 4.41. The average Bonchev–Trinajstić information content (AvgIpc) is 2.42. The molecule has 0 aliphatic rings. The van der Waals surface area contributed by atoms with Crippen molar-refractivity contribution in [3.05, 3.63) is 28.2 Å². The zero-order valence-corrected chi connectivity index (χ0v) is 14.1. The number of rotatable bonds is 8. The van der Waals surface area contributed by atoms with Gasteiger partial charge in [-0.15, -0.1) is 0 Å². The van der Waals surface area contributed by atoms with Crippen molar-refractivity contribution in [3.63, 3.8) is 0 Å². The van der Waals surface area contributed by atoms with Crippen LogP contribution in [0.25, 0.3) is 0 Å². The number of ether oxygens (including phenoxy) is 1. The zero-order valence-electron chi connectivity index (χ0n) is 12.5. The van der Waals surface area contributed by atoms with Gasteiger partial charge in [-0.1, -0.05) is 36.2 Å². The highest BCUT2D eigenvalue weighted by atomic mass is 79.9. The van der Waals surface area contributed by atoms with Crippen LogP contribution in [-0.2, 0) is 6.42 Å². The molecule has 1 aromatic carbocycles. The maximum atomic E-state index is 5.47. The quantitative estimate of drug-likeness (QED) is 0.763. The number of methoxy groups -OCH3 is 1. The molecule has 2 unspecified atom stereocenters. The molecule has 0 aromatic heterocycles. The van der Waals surface area contributed by atoms with E-state index >= 15 is 0 Å². The van der Waals surface area contributed by atoms with Crippen molar-refractivity contribution < 1.29 is 4.74 Å². The molecular weight excluding hydrogens is 302 g/mol. The summed E-state index contributed by atoms with van der Waals surface area (Å²) >= 11 is 3.55. The molecule has 0 fully saturated rings. The topological polar surface area (TPSA) is 21.3 Å². The van der Waals surface area contributed by atoms with Crippen LogP contribution in [0.3, 0.4) is 0 Å². The van der Waals surface area contributed by atoms with E-state index in [2.05, 4.69) is 48.1 Å². The Balaban J connectivity index is 2.77. The van der Waals surface area contributed by atoms with Crippen LogP contribution in [-0.4, -0.2) is 19.7 Å². The van der Waals surface area contributed by atoms with Crippen molar-refractivity contribution in [3.8, 4) is 5.75 Å². The van der Waals surface area contributed by atoms with Gasteiger partial charge < -0.3 is 10.1 Å². The summed E-state index contributed by atoms with van der Waals surface area (Å²) in [6.07, 6.45) is 3.41. The Bertz CT molecular complexity index is 381. The summed E-state index contributed by atoms with van der Waals surface area (Å²) in [5.74, 6) is 1.62. The van der Waals surface area contributed by atoms with E-state index in [-0.39, 0.29) is 0 Å². The molecule has 0 bridgehead atoms. The number of hydrogen-bond donors (Lipinski definition) is 1. The molecule has 3 heteroatoms. The van der Waals surface area contributed by atoms with E-state index in [4.69, 9.17) is 4.74 Å². The number of halogens is 1. The Morgan fingerprint density at radius 3 is 2.63 bits per heavy atom. The van der Waals surface area contributed by atoms with E-state index in [0.29, 0.717) is 12.0 Å². The van der Waals surface area contributed by atoms with Crippen molar-refractivity contribution in [2.24, 2.45) is 5.92 Å². The van der Waals surface area contributed by atoms with Crippen molar-refractivity contribution >= 4 is 15.9 Å². The van der Waals surface area contributed by atoms with Crippen LogP contribution in [0.5, 0.6) is 5.75 Å². The lowest BCUT2D eigenvalue weighted by Crippen LogP contribution is -2.34. The van der Waals surface area contributed by atoms with Gasteiger partial charge in [0.15, 0.2) is 0 Å². The van der Waals surface area contributed by atoms with E-state index in [1.807, 2.05) is 12.1 Å². The molecule has 0 radical (unpaired) electrons. The second kappa shape index (κ2) is 8.60. The molecule has 0 amide bonds. The van der Waals surface area contributed by atoms with Gasteiger partial charge in [0.2, 0.25) is 0 Å². The van der Waals surface area contributed by atoms with Crippen LogP contribution in [0.4, 0.5) is 0 Å². The molecule has 0 saturated heterocycles. The van der Waals surface area contributed by atoms with Crippen LogP contribution < -0.4 is 10.1 Å². The summed E-state index contributed by atoms with van der Waals surface area (Å²) in [6.45, 7) is 7.85. The Morgan fingerprint density at radius 2 is 2.05 bits per heavy atom. The van der Waals surface area contributed by atoms with E-state index < -0.39 is 0 Å². The summed E-state index contributed by atoms with van der Waals surface area (Å²) in [5, 5.41) is 3.60. The molecule has 1 N–H and O–H groups in total. The second-order valence-electron chi connectivity index (χ2n) is 5.07. The SMILES string of the molecule is CCCNC(C)C(CC)Cc1cc(Br)ccc1OC. The first-order chi connectivity index (χ1) is 9.12. The molecule has 1 rings (SSSR count). The molecule has 19 heavy (non-hydrogen) atoms. The van der Waals surface area contributed by atoms with Crippen LogP contribution in [0.1, 0.15) is 39.2 Å². The van der Waals surface area contributed by atoms with Crippen LogP contribution in [0, 0.1) is 5.92 Å². The third-order valence-corrected chi connectivity index (χ3v) is 4.17. The largest absolute Gasteiger partial charge is 0.496 e. The maximum Gasteiger partial charge on any atom is 0.122 e. The third-order valence-electron chi connectivity index (χ3n) is 3.67. The van der Waals surface area contributed by atoms with Gasteiger partial charge in [-0.05, 0) is 56.0 Å². The number of benzene rings is 1. The van der Waals surface area contributed by atoms with Crippen LogP contribution >= 0.6 is 15.9 Å². The zero-order chi connectivity index (χ0) is 14.3. The lowest BCUT2D eigenvalue weighted by atomic mass is 9.90. The third kappa shape index (κ3) is 5.15. The summed E-state index contributed by atoms with van der Waals surface area (Å²) in [4.78, 5) is 0. The molecule has 0 aliphatic heterocycles. The monoisotopic (exact) mass is 327 g/mol. The Hall–Kier alpha value is -0.540. The molecule has 108 valence electrons. The Kier molecular flexibility index (Phi) is 7.47. The molecule has 0 spiro atoms. The lowest BCUT2D eigenvalue weighted by molar-refractivity contribution is 0.352. The number of hydrogen-bond acceptors (Lipinski definition) is 2. The van der Waals surface area contributed by atoms with Gasteiger partial charge in [-0.25, -0.2) is 0 Å². The lowest BCUT2D eigenvalue weighted by Gasteiger charge is -2.24. The summed E-state index contributed by atoms with van der Waals surface area (Å²) in [6, 6.07) is 6.78. The Labute approximate surface area is 126 Å². The van der Waals surface area contributed by atoms with Gasteiger partial charge in [-0.3, -0.25) is 0 Å². The number of nitrogens with one attached hydrogen (secondary N) is 1. The minimum atomic E-state index is 0.536. The summed E-state index contributed by atoms with van der Waals surface area (Å²) in [5.41, 5.74) is 1.29. The van der Waals surface area contributed by atoms with Gasteiger partial charge in [0, 0.05) is 10.5 Å². The van der Waals surface area contributed by atoms with Crippen molar-refractivity contribution in [2.45, 2.75) is 46.1 Å². The first kappa shape index (κ1) is 16.5. The molecule has 0 heterocycles. The Morgan fingerprint density at radius 1 is 1.32 bits per heavy atom. The predicted molar refractivity (Wildman–Crippen MR) is 85.9 cm³/mol. The fourth-order valence-corrected chi connectivity index (χ4v) is 2.81. The summed E-state index contributed by atoms with van der Waals surface area (Å²) < 4.78 is 6.58. The van der Waals surface area contributed by atoms with Crippen molar-refractivity contribution in [1.29, 1.82) is 0 Å². The smallest absolute Gasteiger partial charge is 0.122 e. The molecular formula is C16H26BrNO. The van der Waals surface area contributed by atoms with E-state index in [1.54, 1.807) is 7.11 Å². The molecule has 2 atom stereocenters. The first-order valence-corrected chi connectivity index (χ1v) is 7.97. The van der Waals surface area contributed by atoms with Crippen LogP contribution in [0.15, 0.2) is 22.7 Å². The summed E-state index contributed by atoms with van der Waals surface area (Å²) in [7, 11) is 1.74. The van der Waals surface area contributed by atoms with Gasteiger partial charge in [0.05, 0.1) is 7.11 Å². The highest BCUT2D eigenvalue weighted by Crippen LogP contribution is 2.27. The van der Waals surface area contributed by atoms with E-state index in [0.717, 1.165) is 23.2 Å². The minimum Gasteiger partial charge on any atom is -0.496 e. The minimum absolute atomic E-state index is 0.536. The highest BCUT2D eigenvalue weighted by molar-refractivity contribution is 9.10. The maximum absolute atomic E-state index is 5.47. The molecule has 0 aliphatic carbocycles. The molecule has 0 saturated carbocycles. The van der Waals surface area contributed by atoms with E-state index in [9.17, 15) is 0 Å². The van der Waals surface area contributed by atoms with Gasteiger partial charge >= 0.3 is 0 Å².